The highest BCUT2D eigenvalue weighted by Gasteiger charge is 1.90. The third-order valence-electron chi connectivity index (χ3n) is 2.38. The molecular formula is C14H20BrNO. The lowest BCUT2D eigenvalue weighted by molar-refractivity contribution is 0.199. The summed E-state index contributed by atoms with van der Waals surface area (Å²) >= 11 is 3.47. The summed E-state index contributed by atoms with van der Waals surface area (Å²) in [6.07, 6.45) is 6.51. The van der Waals surface area contributed by atoms with Gasteiger partial charge in [-0.15, -0.1) is 0 Å². The van der Waals surface area contributed by atoms with E-state index in [1.807, 2.05) is 6.07 Å². The third kappa shape index (κ3) is 7.31. The van der Waals surface area contributed by atoms with E-state index in [2.05, 4.69) is 51.6 Å². The van der Waals surface area contributed by atoms with Crippen molar-refractivity contribution in [2.24, 2.45) is 0 Å². The molecule has 0 spiro atoms. The molecule has 0 bridgehead atoms. The zero-order valence-electron chi connectivity index (χ0n) is 10.3. The zero-order chi connectivity index (χ0) is 12.3. The van der Waals surface area contributed by atoms with Crippen LogP contribution in [-0.2, 0) is 11.2 Å². The normalized spacial score (nSPS) is 11.2. The van der Waals surface area contributed by atoms with Crippen LogP contribution in [0.5, 0.6) is 0 Å². The Morgan fingerprint density at radius 2 is 2.18 bits per heavy atom. The molecule has 0 aliphatic heterocycles. The van der Waals surface area contributed by atoms with Gasteiger partial charge in [0.05, 0.1) is 6.61 Å². The van der Waals surface area contributed by atoms with Crippen molar-refractivity contribution in [2.45, 2.75) is 12.8 Å². The molecule has 1 N–H and O–H groups in total. The van der Waals surface area contributed by atoms with Crippen LogP contribution >= 0.6 is 15.9 Å². The van der Waals surface area contributed by atoms with Crippen molar-refractivity contribution in [2.75, 3.05) is 26.8 Å². The standard InChI is InChI=1S/C14H20BrNO/c1-17-11-10-16-9-4-2-3-6-13-7-5-8-14(15)12-13/h2-3,5,7-8,12,16H,4,6,9-11H2,1H3. The van der Waals surface area contributed by atoms with E-state index in [0.717, 1.165) is 37.0 Å². The Bertz CT molecular complexity index is 339. The van der Waals surface area contributed by atoms with Gasteiger partial charge in [0.25, 0.3) is 0 Å². The molecule has 17 heavy (non-hydrogen) atoms. The first-order chi connectivity index (χ1) is 8.33. The minimum absolute atomic E-state index is 0.780. The lowest BCUT2D eigenvalue weighted by Crippen LogP contribution is -2.19. The number of methoxy groups -OCH3 is 1. The molecule has 0 saturated carbocycles. The SMILES string of the molecule is COCCNCCC=CCc1cccc(Br)c1. The fourth-order valence-electron chi connectivity index (χ4n) is 1.49. The van der Waals surface area contributed by atoms with E-state index in [0.29, 0.717) is 0 Å². The van der Waals surface area contributed by atoms with Crippen molar-refractivity contribution in [1.29, 1.82) is 0 Å². The van der Waals surface area contributed by atoms with E-state index < -0.39 is 0 Å². The van der Waals surface area contributed by atoms with Crippen LogP contribution in [0.15, 0.2) is 40.9 Å². The molecule has 0 aliphatic carbocycles. The second kappa shape index (κ2) is 9.40. The molecule has 1 aromatic rings. The molecule has 1 rings (SSSR count). The van der Waals surface area contributed by atoms with E-state index in [1.165, 1.54) is 5.56 Å². The Balaban J connectivity index is 2.10. The molecule has 0 fully saturated rings. The molecule has 0 heterocycles. The maximum atomic E-state index is 4.95. The summed E-state index contributed by atoms with van der Waals surface area (Å²) in [5, 5.41) is 3.31. The van der Waals surface area contributed by atoms with Crippen molar-refractivity contribution in [1.82, 2.24) is 5.32 Å². The number of hydrogen-bond donors (Lipinski definition) is 1. The van der Waals surface area contributed by atoms with Crippen LogP contribution in [0.4, 0.5) is 0 Å². The maximum Gasteiger partial charge on any atom is 0.0587 e. The fourth-order valence-corrected chi connectivity index (χ4v) is 1.93. The van der Waals surface area contributed by atoms with Gasteiger partial charge in [0, 0.05) is 18.1 Å². The molecule has 0 atom stereocenters. The number of rotatable bonds is 8. The number of halogens is 1. The number of benzene rings is 1. The largest absolute Gasteiger partial charge is 0.383 e. The second-order valence-corrected chi connectivity index (χ2v) is 4.75. The highest BCUT2D eigenvalue weighted by Crippen LogP contribution is 2.12. The first-order valence-electron chi connectivity index (χ1n) is 5.92. The van der Waals surface area contributed by atoms with E-state index in [9.17, 15) is 0 Å². The molecule has 0 radical (unpaired) electrons. The summed E-state index contributed by atoms with van der Waals surface area (Å²) in [5.74, 6) is 0. The van der Waals surface area contributed by atoms with Crippen molar-refractivity contribution >= 4 is 15.9 Å². The van der Waals surface area contributed by atoms with Crippen LogP contribution in [0.2, 0.25) is 0 Å². The van der Waals surface area contributed by atoms with Gasteiger partial charge >= 0.3 is 0 Å². The number of nitrogens with one attached hydrogen (secondary N) is 1. The van der Waals surface area contributed by atoms with Crippen molar-refractivity contribution < 1.29 is 4.74 Å². The number of ether oxygens (including phenoxy) is 1. The smallest absolute Gasteiger partial charge is 0.0587 e. The molecule has 3 heteroatoms. The monoisotopic (exact) mass is 297 g/mol. The van der Waals surface area contributed by atoms with Gasteiger partial charge in [-0.2, -0.15) is 0 Å². The van der Waals surface area contributed by atoms with Gasteiger partial charge in [-0.05, 0) is 37.1 Å². The van der Waals surface area contributed by atoms with Crippen LogP contribution in [0.25, 0.3) is 0 Å². The minimum atomic E-state index is 0.780. The number of hydrogen-bond acceptors (Lipinski definition) is 2. The average molecular weight is 298 g/mol. The summed E-state index contributed by atoms with van der Waals surface area (Å²) in [6, 6.07) is 8.42. The molecular weight excluding hydrogens is 278 g/mol. The van der Waals surface area contributed by atoms with E-state index in [4.69, 9.17) is 4.74 Å². The van der Waals surface area contributed by atoms with Gasteiger partial charge < -0.3 is 10.1 Å². The van der Waals surface area contributed by atoms with Gasteiger partial charge in [-0.1, -0.05) is 40.2 Å². The Morgan fingerprint density at radius 3 is 2.94 bits per heavy atom. The predicted octanol–water partition coefficient (Wildman–Crippen LogP) is 3.17. The van der Waals surface area contributed by atoms with E-state index >= 15 is 0 Å². The van der Waals surface area contributed by atoms with Crippen LogP contribution < -0.4 is 5.32 Å². The molecule has 2 nitrogen and oxygen atoms in total. The molecule has 0 saturated heterocycles. The third-order valence-corrected chi connectivity index (χ3v) is 2.87. The van der Waals surface area contributed by atoms with Crippen molar-refractivity contribution in [3.8, 4) is 0 Å². The highest BCUT2D eigenvalue weighted by atomic mass is 79.9. The lowest BCUT2D eigenvalue weighted by atomic mass is 10.1. The van der Waals surface area contributed by atoms with Crippen molar-refractivity contribution in [3.63, 3.8) is 0 Å². The quantitative estimate of drug-likeness (QED) is 0.588. The predicted molar refractivity (Wildman–Crippen MR) is 76.3 cm³/mol. The van der Waals surface area contributed by atoms with Gasteiger partial charge in [0.1, 0.15) is 0 Å². The molecule has 1 aromatic carbocycles. The van der Waals surface area contributed by atoms with Gasteiger partial charge in [-0.3, -0.25) is 0 Å². The average Bonchev–Trinajstić information content (AvgIpc) is 2.33. The first kappa shape index (κ1) is 14.4. The lowest BCUT2D eigenvalue weighted by Gasteiger charge is -2.00. The first-order valence-corrected chi connectivity index (χ1v) is 6.71. The van der Waals surface area contributed by atoms with Crippen molar-refractivity contribution in [3.05, 3.63) is 46.5 Å². The van der Waals surface area contributed by atoms with Gasteiger partial charge in [-0.25, -0.2) is 0 Å². The summed E-state index contributed by atoms with van der Waals surface area (Å²) in [6.45, 7) is 2.72. The van der Waals surface area contributed by atoms with Crippen LogP contribution in [0, 0.1) is 0 Å². The molecule has 0 amide bonds. The fraction of sp³-hybridized carbons (Fsp3) is 0.429. The Morgan fingerprint density at radius 1 is 1.29 bits per heavy atom. The number of allylic oxidation sites excluding steroid dienone is 1. The van der Waals surface area contributed by atoms with E-state index in [1.54, 1.807) is 7.11 Å². The summed E-state index contributed by atoms with van der Waals surface area (Å²) in [7, 11) is 1.72. The maximum absolute atomic E-state index is 4.95. The molecule has 0 aliphatic rings. The summed E-state index contributed by atoms with van der Waals surface area (Å²) in [5.41, 5.74) is 1.34. The van der Waals surface area contributed by atoms with Crippen LogP contribution in [0.3, 0.4) is 0 Å². The summed E-state index contributed by atoms with van der Waals surface area (Å²) in [4.78, 5) is 0. The van der Waals surface area contributed by atoms with Crippen LogP contribution in [-0.4, -0.2) is 26.8 Å². The molecule has 0 aromatic heterocycles. The second-order valence-electron chi connectivity index (χ2n) is 3.84. The van der Waals surface area contributed by atoms with Crippen LogP contribution in [0.1, 0.15) is 12.0 Å². The Kier molecular flexibility index (Phi) is 7.97. The molecule has 0 unspecified atom stereocenters. The van der Waals surface area contributed by atoms with Gasteiger partial charge in [0.15, 0.2) is 0 Å². The molecule has 94 valence electrons. The zero-order valence-corrected chi connectivity index (χ0v) is 11.9. The topological polar surface area (TPSA) is 21.3 Å². The van der Waals surface area contributed by atoms with E-state index in [-0.39, 0.29) is 0 Å². The Labute approximate surface area is 112 Å². The van der Waals surface area contributed by atoms with Gasteiger partial charge in [0.2, 0.25) is 0 Å². The highest BCUT2D eigenvalue weighted by molar-refractivity contribution is 9.10. The minimum Gasteiger partial charge on any atom is -0.383 e. The Hall–Kier alpha value is -0.640. The summed E-state index contributed by atoms with van der Waals surface area (Å²) < 4.78 is 6.10.